The highest BCUT2D eigenvalue weighted by Gasteiger charge is 2.46. The minimum Gasteiger partial charge on any atom is -0.507 e. The maximum atomic E-state index is 13.4. The van der Waals surface area contributed by atoms with Crippen LogP contribution >= 0.6 is 0 Å². The Morgan fingerprint density at radius 2 is 1.74 bits per heavy atom. The van der Waals surface area contributed by atoms with Gasteiger partial charge in [-0.2, -0.15) is 0 Å². The Bertz CT molecular complexity index is 1480. The number of benzene rings is 3. The van der Waals surface area contributed by atoms with Crippen molar-refractivity contribution < 1.29 is 29.1 Å². The zero-order valence-corrected chi connectivity index (χ0v) is 23.4. The third-order valence-electron chi connectivity index (χ3n) is 7.62. The molecule has 0 unspecified atom stereocenters. The number of aliphatic hydroxyl groups excluding tert-OH is 1. The first kappa shape index (κ1) is 29.0. The lowest BCUT2D eigenvalue weighted by molar-refractivity contribution is -0.384. The summed E-state index contributed by atoms with van der Waals surface area (Å²) in [6, 6.07) is 19.7. The van der Waals surface area contributed by atoms with Gasteiger partial charge in [-0.1, -0.05) is 30.3 Å². The van der Waals surface area contributed by atoms with E-state index in [2.05, 4.69) is 4.90 Å². The number of hydrogen-bond donors (Lipinski definition) is 1. The van der Waals surface area contributed by atoms with Gasteiger partial charge in [0.2, 0.25) is 0 Å². The molecule has 42 heavy (non-hydrogen) atoms. The predicted molar refractivity (Wildman–Crippen MR) is 156 cm³/mol. The van der Waals surface area contributed by atoms with Gasteiger partial charge in [0.05, 0.1) is 29.8 Å². The van der Waals surface area contributed by atoms with E-state index in [0.717, 1.165) is 30.8 Å². The van der Waals surface area contributed by atoms with Crippen molar-refractivity contribution in [2.24, 2.45) is 0 Å². The molecule has 1 amide bonds. The second kappa shape index (κ2) is 13.0. The van der Waals surface area contributed by atoms with E-state index in [9.17, 15) is 24.8 Å². The number of ether oxygens (including phenoxy) is 2. The number of aliphatic hydroxyl groups is 1. The van der Waals surface area contributed by atoms with Crippen LogP contribution in [0.25, 0.3) is 5.76 Å². The van der Waals surface area contributed by atoms with E-state index in [1.54, 1.807) is 18.2 Å². The summed E-state index contributed by atoms with van der Waals surface area (Å²) in [6.45, 7) is 6.14. The largest absolute Gasteiger partial charge is 0.507 e. The molecule has 1 N–H and O–H groups in total. The Kier molecular flexibility index (Phi) is 8.94. The number of hydrogen-bond acceptors (Lipinski definition) is 8. The molecule has 10 heteroatoms. The molecule has 2 aliphatic heterocycles. The van der Waals surface area contributed by atoms with Crippen LogP contribution in [0.1, 0.15) is 34.7 Å². The average Bonchev–Trinajstić information content (AvgIpc) is 3.26. The summed E-state index contributed by atoms with van der Waals surface area (Å²) in [7, 11) is 0. The van der Waals surface area contributed by atoms with Crippen LogP contribution in [0, 0.1) is 17.0 Å². The third kappa shape index (κ3) is 6.35. The molecule has 5 rings (SSSR count). The monoisotopic (exact) mass is 571 g/mol. The van der Waals surface area contributed by atoms with E-state index in [-0.39, 0.29) is 23.6 Å². The fourth-order valence-electron chi connectivity index (χ4n) is 5.37. The SMILES string of the molecule is Cc1cc(C(O)=C2C(=O)C(=O)N(CCCN3CCOCC3)[C@@H]2c2ccc([N+](=O)[O-])cc2)ccc1OCc1ccccc1. The third-order valence-corrected chi connectivity index (χ3v) is 7.62. The van der Waals surface area contributed by atoms with Gasteiger partial charge in [-0.3, -0.25) is 24.6 Å². The molecule has 2 heterocycles. The molecule has 3 aromatic carbocycles. The second-order valence-corrected chi connectivity index (χ2v) is 10.4. The van der Waals surface area contributed by atoms with E-state index >= 15 is 0 Å². The van der Waals surface area contributed by atoms with Crippen molar-refractivity contribution in [1.82, 2.24) is 9.80 Å². The van der Waals surface area contributed by atoms with Crippen LogP contribution in [-0.2, 0) is 20.9 Å². The van der Waals surface area contributed by atoms with Gasteiger partial charge < -0.3 is 19.5 Å². The van der Waals surface area contributed by atoms with Crippen molar-refractivity contribution in [2.75, 3.05) is 39.4 Å². The lowest BCUT2D eigenvalue weighted by Gasteiger charge is -2.29. The summed E-state index contributed by atoms with van der Waals surface area (Å²) in [5, 5.41) is 22.7. The highest BCUT2D eigenvalue weighted by atomic mass is 16.6. The minimum atomic E-state index is -0.884. The summed E-state index contributed by atoms with van der Waals surface area (Å²) in [6.07, 6.45) is 0.614. The van der Waals surface area contributed by atoms with Gasteiger partial charge in [0.15, 0.2) is 0 Å². The quantitative estimate of drug-likeness (QED) is 0.123. The van der Waals surface area contributed by atoms with Gasteiger partial charge in [-0.05, 0) is 60.4 Å². The summed E-state index contributed by atoms with van der Waals surface area (Å²) in [4.78, 5) is 41.1. The van der Waals surface area contributed by atoms with Gasteiger partial charge in [0.25, 0.3) is 17.4 Å². The summed E-state index contributed by atoms with van der Waals surface area (Å²) in [5.74, 6) is -1.17. The molecule has 0 radical (unpaired) electrons. The standard InChI is InChI=1S/C32H33N3O7/c1-22-20-25(10-13-27(22)42-21-23-6-3-2-4-7-23)30(36)28-29(24-8-11-26(12-9-24)35(39)40)34(32(38)31(28)37)15-5-14-33-16-18-41-19-17-33/h2-4,6-13,20,29,36H,5,14-19,21H2,1H3/t29-/m1/s1. The molecular weight excluding hydrogens is 538 g/mol. The van der Waals surface area contributed by atoms with Gasteiger partial charge in [-0.25, -0.2) is 0 Å². The van der Waals surface area contributed by atoms with Crippen LogP contribution in [0.15, 0.2) is 78.4 Å². The number of aryl methyl sites for hydroxylation is 1. The Morgan fingerprint density at radius 3 is 2.40 bits per heavy atom. The van der Waals surface area contributed by atoms with Crippen molar-refractivity contribution in [2.45, 2.75) is 26.0 Å². The number of amides is 1. The molecule has 3 aromatic rings. The van der Waals surface area contributed by atoms with Gasteiger partial charge >= 0.3 is 0 Å². The first-order chi connectivity index (χ1) is 20.3. The number of ketones is 1. The smallest absolute Gasteiger partial charge is 0.295 e. The van der Waals surface area contributed by atoms with Crippen LogP contribution in [0.4, 0.5) is 5.69 Å². The molecule has 0 saturated carbocycles. The van der Waals surface area contributed by atoms with Gasteiger partial charge in [0, 0.05) is 43.9 Å². The van der Waals surface area contributed by atoms with Crippen LogP contribution in [0.2, 0.25) is 0 Å². The number of carbonyl (C=O) groups is 2. The van der Waals surface area contributed by atoms with Crippen molar-refractivity contribution in [3.63, 3.8) is 0 Å². The summed E-state index contributed by atoms with van der Waals surface area (Å²) >= 11 is 0. The number of morpholine rings is 1. The average molecular weight is 572 g/mol. The summed E-state index contributed by atoms with van der Waals surface area (Å²) < 4.78 is 11.4. The van der Waals surface area contributed by atoms with E-state index in [4.69, 9.17) is 9.47 Å². The Balaban J connectivity index is 1.44. The number of carbonyl (C=O) groups excluding carboxylic acids is 2. The van der Waals surface area contributed by atoms with E-state index in [0.29, 0.717) is 43.1 Å². The van der Waals surface area contributed by atoms with E-state index in [1.807, 2.05) is 37.3 Å². The van der Waals surface area contributed by atoms with E-state index in [1.165, 1.54) is 29.2 Å². The van der Waals surface area contributed by atoms with Gasteiger partial charge in [0.1, 0.15) is 18.1 Å². The molecule has 10 nitrogen and oxygen atoms in total. The fourth-order valence-corrected chi connectivity index (χ4v) is 5.37. The lowest BCUT2D eigenvalue weighted by atomic mass is 9.94. The molecular formula is C32H33N3O7. The second-order valence-electron chi connectivity index (χ2n) is 10.4. The number of likely N-dealkylation sites (tertiary alicyclic amines) is 1. The highest BCUT2D eigenvalue weighted by molar-refractivity contribution is 6.46. The maximum absolute atomic E-state index is 13.4. The van der Waals surface area contributed by atoms with Crippen LogP contribution in [0.3, 0.4) is 0 Å². The molecule has 2 aliphatic rings. The number of Topliss-reactive ketones (excluding diaryl/α,β-unsaturated/α-hetero) is 1. The minimum absolute atomic E-state index is 0.0439. The van der Waals surface area contributed by atoms with Gasteiger partial charge in [-0.15, -0.1) is 0 Å². The molecule has 1 atom stereocenters. The van der Waals surface area contributed by atoms with Crippen molar-refractivity contribution >= 4 is 23.1 Å². The molecule has 0 aliphatic carbocycles. The van der Waals surface area contributed by atoms with Crippen molar-refractivity contribution in [1.29, 1.82) is 0 Å². The zero-order chi connectivity index (χ0) is 29.6. The Hall–Kier alpha value is -4.54. The molecule has 218 valence electrons. The van der Waals surface area contributed by atoms with Crippen molar-refractivity contribution in [3.05, 3.63) is 111 Å². The predicted octanol–water partition coefficient (Wildman–Crippen LogP) is 4.63. The highest BCUT2D eigenvalue weighted by Crippen LogP contribution is 2.40. The van der Waals surface area contributed by atoms with Crippen LogP contribution in [0.5, 0.6) is 5.75 Å². The Morgan fingerprint density at radius 1 is 1.02 bits per heavy atom. The van der Waals surface area contributed by atoms with E-state index < -0.39 is 22.7 Å². The topological polar surface area (TPSA) is 122 Å². The maximum Gasteiger partial charge on any atom is 0.295 e. The fraction of sp³-hybridized carbons (Fsp3) is 0.312. The molecule has 2 saturated heterocycles. The molecule has 0 aromatic heterocycles. The number of nitrogens with zero attached hydrogens (tertiary/aromatic N) is 3. The Labute approximate surface area is 243 Å². The molecule has 2 fully saturated rings. The molecule has 0 spiro atoms. The number of nitro groups is 1. The number of nitro benzene ring substituents is 1. The van der Waals surface area contributed by atoms with Crippen LogP contribution in [-0.4, -0.2) is 70.9 Å². The lowest BCUT2D eigenvalue weighted by Crippen LogP contribution is -2.38. The number of non-ortho nitro benzene ring substituents is 1. The first-order valence-electron chi connectivity index (χ1n) is 13.9. The number of rotatable bonds is 10. The summed E-state index contributed by atoms with van der Waals surface area (Å²) in [5.41, 5.74) is 2.50. The van der Waals surface area contributed by atoms with Crippen LogP contribution < -0.4 is 4.74 Å². The first-order valence-corrected chi connectivity index (χ1v) is 13.9. The zero-order valence-electron chi connectivity index (χ0n) is 23.4. The van der Waals surface area contributed by atoms with Crippen molar-refractivity contribution in [3.8, 4) is 5.75 Å². The normalized spacial score (nSPS) is 18.8. The molecule has 0 bridgehead atoms.